The number of hydrogen-bond donors (Lipinski definition) is 2. The van der Waals surface area contributed by atoms with Gasteiger partial charge in [0.1, 0.15) is 12.1 Å². The van der Waals surface area contributed by atoms with Crippen LogP contribution in [0.4, 0.5) is 22.0 Å². The predicted molar refractivity (Wildman–Crippen MR) is 171 cm³/mol. The summed E-state index contributed by atoms with van der Waals surface area (Å²) in [6.07, 6.45) is 5.17. The van der Waals surface area contributed by atoms with E-state index in [9.17, 15) is 9.59 Å². The largest absolute Gasteiger partial charge is 0.375 e. The SMILES string of the molecule is CC1CN(c2nc(-c3ccc(NC(=O)Nc4ccc(C(=O)N(C)C)cc4)cc3)nc3cc(-c4cncnc4)ccc23)CCO1. The van der Waals surface area contributed by atoms with Crippen LogP contribution in [0, 0.1) is 0 Å². The molecule has 3 aromatic carbocycles. The topological polar surface area (TPSA) is 125 Å². The number of nitrogens with one attached hydrogen (secondary N) is 2. The maximum absolute atomic E-state index is 12.7. The molecule has 11 nitrogen and oxygen atoms in total. The van der Waals surface area contributed by atoms with Gasteiger partial charge in [-0.2, -0.15) is 0 Å². The van der Waals surface area contributed by atoms with E-state index in [4.69, 9.17) is 14.7 Å². The lowest BCUT2D eigenvalue weighted by molar-refractivity contribution is 0.0530. The average molecular weight is 589 g/mol. The number of amides is 3. The van der Waals surface area contributed by atoms with Crippen molar-refractivity contribution in [2.24, 2.45) is 0 Å². The minimum atomic E-state index is -0.396. The van der Waals surface area contributed by atoms with Crippen molar-refractivity contribution >= 4 is 40.0 Å². The molecule has 1 fully saturated rings. The quantitative estimate of drug-likeness (QED) is 0.273. The van der Waals surface area contributed by atoms with E-state index >= 15 is 0 Å². The van der Waals surface area contributed by atoms with Crippen LogP contribution >= 0.6 is 0 Å². The zero-order chi connectivity index (χ0) is 30.6. The number of ether oxygens (including phenoxy) is 1. The van der Waals surface area contributed by atoms with Crippen LogP contribution < -0.4 is 15.5 Å². The van der Waals surface area contributed by atoms with Crippen LogP contribution in [0.3, 0.4) is 0 Å². The molecule has 1 aliphatic heterocycles. The third-order valence-corrected chi connectivity index (χ3v) is 7.31. The number of anilines is 3. The van der Waals surface area contributed by atoms with E-state index in [-0.39, 0.29) is 12.0 Å². The van der Waals surface area contributed by atoms with Gasteiger partial charge >= 0.3 is 6.03 Å². The molecule has 0 aliphatic carbocycles. The molecular weight excluding hydrogens is 556 g/mol. The number of morpholine rings is 1. The second-order valence-electron chi connectivity index (χ2n) is 10.8. The van der Waals surface area contributed by atoms with E-state index in [1.807, 2.05) is 36.4 Å². The first-order valence-corrected chi connectivity index (χ1v) is 14.3. The van der Waals surface area contributed by atoms with E-state index in [1.165, 1.54) is 11.2 Å². The Bertz CT molecular complexity index is 1790. The Balaban J connectivity index is 1.24. The number of carbonyl (C=O) groups excluding carboxylic acids is 2. The zero-order valence-electron chi connectivity index (χ0n) is 24.7. The van der Waals surface area contributed by atoms with Gasteiger partial charge in [-0.15, -0.1) is 0 Å². The fourth-order valence-corrected chi connectivity index (χ4v) is 5.07. The van der Waals surface area contributed by atoms with Crippen molar-refractivity contribution < 1.29 is 14.3 Å². The monoisotopic (exact) mass is 588 g/mol. The van der Waals surface area contributed by atoms with Crippen LogP contribution in [-0.4, -0.2) is 76.7 Å². The summed E-state index contributed by atoms with van der Waals surface area (Å²) in [5.74, 6) is 1.33. The summed E-state index contributed by atoms with van der Waals surface area (Å²) in [6, 6.07) is 19.9. The fraction of sp³-hybridized carbons (Fsp3) is 0.212. The van der Waals surface area contributed by atoms with Gasteiger partial charge in [0.2, 0.25) is 0 Å². The summed E-state index contributed by atoms with van der Waals surface area (Å²) in [6.45, 7) is 4.15. The normalized spacial score (nSPS) is 14.7. The minimum absolute atomic E-state index is 0.0907. The average Bonchev–Trinajstić information content (AvgIpc) is 3.04. The molecule has 6 rings (SSSR count). The van der Waals surface area contributed by atoms with Crippen molar-refractivity contribution in [3.8, 4) is 22.5 Å². The number of fused-ring (bicyclic) bond motifs is 1. The number of urea groups is 1. The van der Waals surface area contributed by atoms with Crippen LogP contribution in [0.1, 0.15) is 17.3 Å². The molecule has 2 aromatic heterocycles. The van der Waals surface area contributed by atoms with Gasteiger partial charge in [-0.3, -0.25) is 4.79 Å². The Morgan fingerprint density at radius 1 is 0.864 bits per heavy atom. The van der Waals surface area contributed by atoms with E-state index < -0.39 is 6.03 Å². The summed E-state index contributed by atoms with van der Waals surface area (Å²) < 4.78 is 5.79. The van der Waals surface area contributed by atoms with Crippen LogP contribution in [0.5, 0.6) is 0 Å². The standard InChI is InChI=1S/C33H32N8O3/c1-21-19-41(14-15-44-21)31-28-13-8-24(25-17-34-20-35-18-25)16-29(28)38-30(39-31)22-4-9-26(10-5-22)36-33(43)37-27-11-6-23(7-12-27)32(42)40(2)3/h4-13,16-18,20-21H,14-15,19H2,1-3H3,(H2,36,37,43). The lowest BCUT2D eigenvalue weighted by Crippen LogP contribution is -2.41. The molecule has 1 atom stereocenters. The molecule has 2 N–H and O–H groups in total. The highest BCUT2D eigenvalue weighted by Gasteiger charge is 2.22. The summed E-state index contributed by atoms with van der Waals surface area (Å²) >= 11 is 0. The minimum Gasteiger partial charge on any atom is -0.375 e. The Hall–Kier alpha value is -5.42. The molecule has 1 unspecified atom stereocenters. The molecule has 3 amide bonds. The predicted octanol–water partition coefficient (Wildman–Crippen LogP) is 5.32. The Morgan fingerprint density at radius 3 is 2.18 bits per heavy atom. The third kappa shape index (κ3) is 6.32. The number of hydrogen-bond acceptors (Lipinski definition) is 8. The molecular formula is C33H32N8O3. The molecule has 11 heteroatoms. The lowest BCUT2D eigenvalue weighted by atomic mass is 10.1. The maximum atomic E-state index is 12.7. The van der Waals surface area contributed by atoms with Gasteiger partial charge < -0.3 is 25.2 Å². The first kappa shape index (κ1) is 28.7. The summed E-state index contributed by atoms with van der Waals surface area (Å²) in [5, 5.41) is 6.60. The molecule has 222 valence electrons. The van der Waals surface area contributed by atoms with Gasteiger partial charge in [0.05, 0.1) is 18.2 Å². The molecule has 5 aromatic rings. The van der Waals surface area contributed by atoms with E-state index in [0.29, 0.717) is 29.4 Å². The molecule has 1 saturated heterocycles. The van der Waals surface area contributed by atoms with Gasteiger partial charge in [0, 0.05) is 73.0 Å². The molecule has 0 radical (unpaired) electrons. The Kier molecular flexibility index (Phi) is 8.11. The molecule has 3 heterocycles. The van der Waals surface area contributed by atoms with Crippen molar-refractivity contribution in [2.45, 2.75) is 13.0 Å². The van der Waals surface area contributed by atoms with E-state index in [2.05, 4.69) is 38.5 Å². The molecule has 44 heavy (non-hydrogen) atoms. The van der Waals surface area contributed by atoms with Crippen LogP contribution in [0.15, 0.2) is 85.5 Å². The lowest BCUT2D eigenvalue weighted by Gasteiger charge is -2.32. The molecule has 1 aliphatic rings. The van der Waals surface area contributed by atoms with Crippen molar-refractivity contribution in [3.63, 3.8) is 0 Å². The van der Waals surface area contributed by atoms with Crippen LogP contribution in [-0.2, 0) is 4.74 Å². The van der Waals surface area contributed by atoms with Crippen LogP contribution in [0.2, 0.25) is 0 Å². The number of carbonyl (C=O) groups is 2. The second kappa shape index (κ2) is 12.4. The second-order valence-corrected chi connectivity index (χ2v) is 10.8. The van der Waals surface area contributed by atoms with Crippen molar-refractivity contribution in [2.75, 3.05) is 49.3 Å². The first-order chi connectivity index (χ1) is 21.3. The fourth-order valence-electron chi connectivity index (χ4n) is 5.07. The van der Waals surface area contributed by atoms with E-state index in [1.54, 1.807) is 50.8 Å². The van der Waals surface area contributed by atoms with Gasteiger partial charge in [0.15, 0.2) is 5.82 Å². The smallest absolute Gasteiger partial charge is 0.323 e. The highest BCUT2D eigenvalue weighted by Crippen LogP contribution is 2.32. The van der Waals surface area contributed by atoms with Crippen molar-refractivity contribution in [1.29, 1.82) is 0 Å². The maximum Gasteiger partial charge on any atom is 0.323 e. The highest BCUT2D eigenvalue weighted by atomic mass is 16.5. The van der Waals surface area contributed by atoms with Gasteiger partial charge in [0.25, 0.3) is 5.91 Å². The zero-order valence-corrected chi connectivity index (χ0v) is 24.7. The number of aromatic nitrogens is 4. The van der Waals surface area contributed by atoms with Gasteiger partial charge in [-0.05, 0) is 73.2 Å². The molecule has 0 spiro atoms. The number of rotatable bonds is 6. The summed E-state index contributed by atoms with van der Waals surface area (Å²) in [5.41, 5.74) is 5.23. The van der Waals surface area contributed by atoms with Crippen molar-refractivity contribution in [3.05, 3.63) is 91.0 Å². The highest BCUT2D eigenvalue weighted by molar-refractivity contribution is 6.00. The first-order valence-electron chi connectivity index (χ1n) is 14.3. The number of benzene rings is 3. The molecule has 0 bridgehead atoms. The van der Waals surface area contributed by atoms with E-state index in [0.717, 1.165) is 46.5 Å². The van der Waals surface area contributed by atoms with Crippen molar-refractivity contribution in [1.82, 2.24) is 24.8 Å². The van der Waals surface area contributed by atoms with Crippen LogP contribution in [0.25, 0.3) is 33.4 Å². The summed E-state index contributed by atoms with van der Waals surface area (Å²) in [7, 11) is 3.39. The Morgan fingerprint density at radius 2 is 1.52 bits per heavy atom. The summed E-state index contributed by atoms with van der Waals surface area (Å²) in [4.78, 5) is 46.8. The van der Waals surface area contributed by atoms with Gasteiger partial charge in [-0.25, -0.2) is 24.7 Å². The Labute approximate surface area is 254 Å². The van der Waals surface area contributed by atoms with Gasteiger partial charge in [-0.1, -0.05) is 6.07 Å². The number of nitrogens with zero attached hydrogens (tertiary/aromatic N) is 6. The third-order valence-electron chi connectivity index (χ3n) is 7.31. The molecule has 0 saturated carbocycles.